The highest BCUT2D eigenvalue weighted by atomic mass is 16.4. The molecular formula is C7H12N4O2. The molecular weight excluding hydrogens is 172 g/mol. The largest absolute Gasteiger partial charge is 0.481 e. The molecule has 0 aliphatic rings. The van der Waals surface area contributed by atoms with Gasteiger partial charge in [0.25, 0.3) is 0 Å². The second-order valence-corrected chi connectivity index (χ2v) is 3.22. The van der Waals surface area contributed by atoms with Gasteiger partial charge in [0.15, 0.2) is 5.82 Å². The minimum Gasteiger partial charge on any atom is -0.481 e. The van der Waals surface area contributed by atoms with Gasteiger partial charge in [-0.2, -0.15) is 4.80 Å². The topological polar surface area (TPSA) is 80.9 Å². The molecule has 0 spiro atoms. The van der Waals surface area contributed by atoms with Gasteiger partial charge in [-0.05, 0) is 11.1 Å². The van der Waals surface area contributed by atoms with Crippen LogP contribution in [0.3, 0.4) is 0 Å². The molecule has 6 heteroatoms. The highest BCUT2D eigenvalue weighted by molar-refractivity contribution is 5.68. The first kappa shape index (κ1) is 9.63. The van der Waals surface area contributed by atoms with Crippen molar-refractivity contribution >= 4 is 5.97 Å². The van der Waals surface area contributed by atoms with Crippen LogP contribution in [-0.4, -0.2) is 31.3 Å². The van der Waals surface area contributed by atoms with Crippen LogP contribution < -0.4 is 0 Å². The molecule has 0 atom stereocenters. The van der Waals surface area contributed by atoms with Crippen LogP contribution in [0.15, 0.2) is 0 Å². The Balaban J connectivity index is 2.58. The second kappa shape index (κ2) is 3.97. The minimum absolute atomic E-state index is 0.169. The van der Waals surface area contributed by atoms with Crippen LogP contribution in [0, 0.1) is 5.92 Å². The van der Waals surface area contributed by atoms with Crippen LogP contribution in [0.1, 0.15) is 19.7 Å². The monoisotopic (exact) mass is 184 g/mol. The Morgan fingerprint density at radius 2 is 2.31 bits per heavy atom. The maximum atomic E-state index is 10.3. The first-order valence-corrected chi connectivity index (χ1v) is 4.06. The van der Waals surface area contributed by atoms with Gasteiger partial charge >= 0.3 is 5.97 Å². The zero-order valence-corrected chi connectivity index (χ0v) is 7.64. The molecule has 6 nitrogen and oxygen atoms in total. The van der Waals surface area contributed by atoms with E-state index in [1.54, 1.807) is 0 Å². The number of carbonyl (C=O) groups is 1. The van der Waals surface area contributed by atoms with Gasteiger partial charge in [0.05, 0.1) is 6.54 Å². The molecule has 0 unspecified atom stereocenters. The Hall–Kier alpha value is -1.46. The van der Waals surface area contributed by atoms with Crippen LogP contribution in [-0.2, 0) is 17.8 Å². The average Bonchev–Trinajstić information content (AvgIpc) is 2.33. The van der Waals surface area contributed by atoms with Crippen molar-refractivity contribution in [3.63, 3.8) is 0 Å². The third-order valence-corrected chi connectivity index (χ3v) is 1.33. The highest BCUT2D eigenvalue weighted by Crippen LogP contribution is 1.95. The van der Waals surface area contributed by atoms with E-state index in [0.29, 0.717) is 12.5 Å². The van der Waals surface area contributed by atoms with Gasteiger partial charge < -0.3 is 5.11 Å². The summed E-state index contributed by atoms with van der Waals surface area (Å²) in [6, 6.07) is 0. The smallest absolute Gasteiger partial charge is 0.311 e. The SMILES string of the molecule is CC(C)Cn1nnc(CC(=O)O)n1. The first-order valence-electron chi connectivity index (χ1n) is 4.06. The summed E-state index contributed by atoms with van der Waals surface area (Å²) in [5.74, 6) is -0.260. The van der Waals surface area contributed by atoms with Crippen LogP contribution in [0.4, 0.5) is 0 Å². The third-order valence-electron chi connectivity index (χ3n) is 1.33. The van der Waals surface area contributed by atoms with E-state index in [9.17, 15) is 4.79 Å². The Morgan fingerprint density at radius 1 is 1.62 bits per heavy atom. The average molecular weight is 184 g/mol. The highest BCUT2D eigenvalue weighted by Gasteiger charge is 2.07. The zero-order chi connectivity index (χ0) is 9.84. The molecule has 1 rings (SSSR count). The van der Waals surface area contributed by atoms with Gasteiger partial charge in [-0.25, -0.2) is 0 Å². The second-order valence-electron chi connectivity index (χ2n) is 3.22. The third kappa shape index (κ3) is 3.18. The fourth-order valence-corrected chi connectivity index (χ4v) is 0.886. The van der Waals surface area contributed by atoms with Crippen LogP contribution in [0.25, 0.3) is 0 Å². The number of aromatic nitrogens is 4. The molecule has 0 aromatic carbocycles. The molecule has 1 aromatic rings. The minimum atomic E-state index is -0.941. The number of nitrogens with zero attached hydrogens (tertiary/aromatic N) is 4. The standard InChI is InChI=1S/C7H12N4O2/c1-5(2)4-11-9-6(8-10-11)3-7(12)13/h5H,3-4H2,1-2H3,(H,12,13). The van der Waals surface area contributed by atoms with Crippen molar-refractivity contribution in [1.82, 2.24) is 20.2 Å². The predicted molar refractivity (Wildman–Crippen MR) is 44.0 cm³/mol. The molecule has 1 aromatic heterocycles. The van der Waals surface area contributed by atoms with Gasteiger partial charge in [0.1, 0.15) is 6.42 Å². The fourth-order valence-electron chi connectivity index (χ4n) is 0.886. The molecule has 0 saturated heterocycles. The molecule has 0 radical (unpaired) electrons. The number of hydrogen-bond acceptors (Lipinski definition) is 4. The van der Waals surface area contributed by atoms with Crippen molar-refractivity contribution in [2.45, 2.75) is 26.8 Å². The normalized spacial score (nSPS) is 10.7. The number of rotatable bonds is 4. The number of tetrazole rings is 1. The summed E-state index contributed by atoms with van der Waals surface area (Å²) in [5.41, 5.74) is 0. The van der Waals surface area contributed by atoms with E-state index in [0.717, 1.165) is 0 Å². The molecule has 72 valence electrons. The van der Waals surface area contributed by atoms with Gasteiger partial charge in [0, 0.05) is 0 Å². The Bertz CT molecular complexity index is 294. The molecule has 1 N–H and O–H groups in total. The van der Waals surface area contributed by atoms with Crippen molar-refractivity contribution < 1.29 is 9.90 Å². The molecule has 0 fully saturated rings. The number of carboxylic acids is 1. The Labute approximate surface area is 75.6 Å². The molecule has 0 saturated carbocycles. The van der Waals surface area contributed by atoms with E-state index in [1.165, 1.54) is 4.80 Å². The van der Waals surface area contributed by atoms with E-state index in [1.807, 2.05) is 13.8 Å². The fraction of sp³-hybridized carbons (Fsp3) is 0.714. The van der Waals surface area contributed by atoms with Gasteiger partial charge in [-0.1, -0.05) is 13.8 Å². The predicted octanol–water partition coefficient (Wildman–Crippen LogP) is -0.0438. The number of carboxylic acid groups (broad SMARTS) is 1. The van der Waals surface area contributed by atoms with Crippen molar-refractivity contribution in [3.8, 4) is 0 Å². The summed E-state index contributed by atoms with van der Waals surface area (Å²) in [7, 11) is 0. The van der Waals surface area contributed by atoms with E-state index >= 15 is 0 Å². The van der Waals surface area contributed by atoms with Crippen molar-refractivity contribution in [3.05, 3.63) is 5.82 Å². The maximum absolute atomic E-state index is 10.3. The van der Waals surface area contributed by atoms with Gasteiger partial charge in [-0.3, -0.25) is 4.79 Å². The lowest BCUT2D eigenvalue weighted by molar-refractivity contribution is -0.136. The van der Waals surface area contributed by atoms with E-state index in [2.05, 4.69) is 15.4 Å². The maximum Gasteiger partial charge on any atom is 0.311 e. The molecule has 1 heterocycles. The van der Waals surface area contributed by atoms with Crippen LogP contribution in [0.2, 0.25) is 0 Å². The lowest BCUT2D eigenvalue weighted by Gasteiger charge is -1.99. The molecule has 0 bridgehead atoms. The first-order chi connectivity index (χ1) is 6.08. The molecule has 0 amide bonds. The summed E-state index contributed by atoms with van der Waals surface area (Å²) in [5, 5.41) is 19.7. The van der Waals surface area contributed by atoms with E-state index < -0.39 is 5.97 Å². The van der Waals surface area contributed by atoms with Crippen LogP contribution >= 0.6 is 0 Å². The lowest BCUT2D eigenvalue weighted by Crippen LogP contribution is -2.08. The van der Waals surface area contributed by atoms with E-state index in [4.69, 9.17) is 5.11 Å². The summed E-state index contributed by atoms with van der Waals surface area (Å²) in [6.45, 7) is 4.72. The number of hydrogen-bond donors (Lipinski definition) is 1. The van der Waals surface area contributed by atoms with Crippen LogP contribution in [0.5, 0.6) is 0 Å². The summed E-state index contributed by atoms with van der Waals surface area (Å²) in [6.07, 6.45) is -0.169. The van der Waals surface area contributed by atoms with Gasteiger partial charge in [-0.15, -0.1) is 10.2 Å². The van der Waals surface area contributed by atoms with Crippen molar-refractivity contribution in [1.29, 1.82) is 0 Å². The lowest BCUT2D eigenvalue weighted by atomic mass is 10.2. The number of aliphatic carboxylic acids is 1. The molecule has 0 aliphatic carbocycles. The Morgan fingerprint density at radius 3 is 2.85 bits per heavy atom. The molecule has 0 aliphatic heterocycles. The summed E-state index contributed by atoms with van der Waals surface area (Å²) >= 11 is 0. The summed E-state index contributed by atoms with van der Waals surface area (Å²) in [4.78, 5) is 11.7. The zero-order valence-electron chi connectivity index (χ0n) is 7.64. The quantitative estimate of drug-likeness (QED) is 0.709. The van der Waals surface area contributed by atoms with Gasteiger partial charge in [0.2, 0.25) is 0 Å². The Kier molecular flexibility index (Phi) is 2.94. The van der Waals surface area contributed by atoms with Crippen molar-refractivity contribution in [2.24, 2.45) is 5.92 Å². The van der Waals surface area contributed by atoms with Crippen molar-refractivity contribution in [2.75, 3.05) is 0 Å². The molecule has 13 heavy (non-hydrogen) atoms. The summed E-state index contributed by atoms with van der Waals surface area (Å²) < 4.78 is 0. The van der Waals surface area contributed by atoms with E-state index in [-0.39, 0.29) is 12.2 Å².